The second kappa shape index (κ2) is 5.42. The number of nitrogens with two attached hydrogens (primary N) is 1. The van der Waals surface area contributed by atoms with E-state index >= 15 is 0 Å². The van der Waals surface area contributed by atoms with Crippen molar-refractivity contribution >= 4 is 16.8 Å². The molecule has 0 bridgehead atoms. The quantitative estimate of drug-likeness (QED) is 0.621. The van der Waals surface area contributed by atoms with Crippen LogP contribution in [0.5, 0.6) is 0 Å². The van der Waals surface area contributed by atoms with Gasteiger partial charge in [0.25, 0.3) is 0 Å². The van der Waals surface area contributed by atoms with E-state index in [-0.39, 0.29) is 0 Å². The maximum atomic E-state index is 5.88. The van der Waals surface area contributed by atoms with Crippen molar-refractivity contribution in [3.05, 3.63) is 54.1 Å². The van der Waals surface area contributed by atoms with Gasteiger partial charge in [-0.05, 0) is 46.9 Å². The molecule has 1 heteroatoms. The minimum Gasteiger partial charge on any atom is -0.399 e. The monoisotopic (exact) mass is 235 g/mol. The van der Waals surface area contributed by atoms with E-state index in [0.717, 1.165) is 29.7 Å². The smallest absolute Gasteiger partial charge is 0.0350 e. The largest absolute Gasteiger partial charge is 0.399 e. The first kappa shape index (κ1) is 12.3. The normalized spacial score (nSPS) is 13.3. The molecule has 0 saturated heterocycles. The Morgan fingerprint density at radius 1 is 1.44 bits per heavy atom. The van der Waals surface area contributed by atoms with E-state index < -0.39 is 0 Å². The molecule has 90 valence electrons. The van der Waals surface area contributed by atoms with Crippen LogP contribution in [-0.4, -0.2) is 0 Å². The maximum absolute atomic E-state index is 5.88. The Bertz CT molecular complexity index is 592. The molecule has 1 aliphatic carbocycles. The minimum atomic E-state index is 0.765. The third-order valence-corrected chi connectivity index (χ3v) is 3.06. The third-order valence-electron chi connectivity index (χ3n) is 3.06. The number of rotatable bonds is 3. The number of anilines is 1. The van der Waals surface area contributed by atoms with Crippen LogP contribution in [0.15, 0.2) is 43.0 Å². The Morgan fingerprint density at radius 2 is 2.28 bits per heavy atom. The van der Waals surface area contributed by atoms with E-state index in [1.54, 1.807) is 0 Å². The Hall–Kier alpha value is -2.20. The molecule has 0 amide bonds. The average molecular weight is 235 g/mol. The topological polar surface area (TPSA) is 26.0 Å². The molecule has 0 radical (unpaired) electrons. The number of benzene rings is 1. The first-order valence-electron chi connectivity index (χ1n) is 6.14. The van der Waals surface area contributed by atoms with Crippen molar-refractivity contribution in [3.63, 3.8) is 0 Å². The van der Waals surface area contributed by atoms with Crippen LogP contribution in [0.2, 0.25) is 0 Å². The highest BCUT2D eigenvalue weighted by atomic mass is 14.5. The van der Waals surface area contributed by atoms with Crippen LogP contribution < -0.4 is 5.73 Å². The van der Waals surface area contributed by atoms with Crippen molar-refractivity contribution in [3.8, 4) is 11.8 Å². The molecule has 18 heavy (non-hydrogen) atoms. The molecule has 2 rings (SSSR count). The van der Waals surface area contributed by atoms with E-state index in [1.807, 2.05) is 24.3 Å². The van der Waals surface area contributed by atoms with Gasteiger partial charge in [0.05, 0.1) is 0 Å². The van der Waals surface area contributed by atoms with Crippen LogP contribution in [0, 0.1) is 11.8 Å². The highest BCUT2D eigenvalue weighted by Crippen LogP contribution is 2.30. The summed E-state index contributed by atoms with van der Waals surface area (Å²) in [6.45, 7) is 6.23. The van der Waals surface area contributed by atoms with Crippen LogP contribution in [0.4, 0.5) is 5.69 Å². The summed E-state index contributed by atoms with van der Waals surface area (Å²) >= 11 is 0. The van der Waals surface area contributed by atoms with Gasteiger partial charge in [-0.1, -0.05) is 43.6 Å². The molecule has 0 aliphatic heterocycles. The second-order valence-electron chi connectivity index (χ2n) is 4.31. The molecule has 1 aromatic rings. The van der Waals surface area contributed by atoms with Gasteiger partial charge in [-0.15, -0.1) is 0 Å². The molecule has 2 N–H and O–H groups in total. The first-order valence-corrected chi connectivity index (χ1v) is 6.14. The average Bonchev–Trinajstić information content (AvgIpc) is 2.66. The molecule has 1 aromatic carbocycles. The number of nitrogen functional groups attached to an aromatic ring is 1. The summed E-state index contributed by atoms with van der Waals surface area (Å²) in [7, 11) is 0. The Kier molecular flexibility index (Phi) is 3.69. The van der Waals surface area contributed by atoms with Crippen molar-refractivity contribution < 1.29 is 0 Å². The molecule has 0 aromatic heterocycles. The van der Waals surface area contributed by atoms with E-state index in [9.17, 15) is 0 Å². The fraction of sp³-hybridized carbons (Fsp3) is 0.176. The van der Waals surface area contributed by atoms with Gasteiger partial charge >= 0.3 is 0 Å². The van der Waals surface area contributed by atoms with Gasteiger partial charge in [-0.3, -0.25) is 0 Å². The van der Waals surface area contributed by atoms with Crippen LogP contribution in [0.3, 0.4) is 0 Å². The van der Waals surface area contributed by atoms with Gasteiger partial charge in [0.15, 0.2) is 0 Å². The summed E-state index contributed by atoms with van der Waals surface area (Å²) < 4.78 is 0. The lowest BCUT2D eigenvalue weighted by Crippen LogP contribution is -1.95. The molecule has 1 aliphatic rings. The predicted molar refractivity (Wildman–Crippen MR) is 79.7 cm³/mol. The SMILES string of the molecule is C=C(CC)c1cc(N)ccc1C1=CC=CC#CC1. The summed E-state index contributed by atoms with van der Waals surface area (Å²) in [6.07, 6.45) is 7.65. The van der Waals surface area contributed by atoms with Gasteiger partial charge < -0.3 is 5.73 Å². The van der Waals surface area contributed by atoms with E-state index in [0.29, 0.717) is 0 Å². The summed E-state index contributed by atoms with van der Waals surface area (Å²) in [5.41, 5.74) is 11.3. The van der Waals surface area contributed by atoms with Gasteiger partial charge in [-0.2, -0.15) is 0 Å². The molecular formula is C17H17N. The van der Waals surface area contributed by atoms with Gasteiger partial charge in [0.1, 0.15) is 0 Å². The fourth-order valence-corrected chi connectivity index (χ4v) is 1.99. The van der Waals surface area contributed by atoms with Crippen LogP contribution in [0.1, 0.15) is 30.9 Å². The van der Waals surface area contributed by atoms with Crippen molar-refractivity contribution in [1.82, 2.24) is 0 Å². The highest BCUT2D eigenvalue weighted by Gasteiger charge is 2.09. The Labute approximate surface area is 109 Å². The lowest BCUT2D eigenvalue weighted by Gasteiger charge is -2.13. The zero-order valence-corrected chi connectivity index (χ0v) is 10.7. The fourth-order valence-electron chi connectivity index (χ4n) is 1.99. The van der Waals surface area contributed by atoms with Crippen LogP contribution in [0.25, 0.3) is 11.1 Å². The maximum Gasteiger partial charge on any atom is 0.0350 e. The number of hydrogen-bond acceptors (Lipinski definition) is 1. The standard InChI is InChI=1S/C17H17N/c1-3-13(2)17-12-15(18)10-11-16(17)14-8-6-4-5-7-9-14/h4,6,8,10-12H,2-3,9,18H2,1H3. The van der Waals surface area contributed by atoms with Crippen molar-refractivity contribution in [2.75, 3.05) is 5.73 Å². The molecule has 0 saturated carbocycles. The predicted octanol–water partition coefficient (Wildman–Crippen LogP) is 4.04. The van der Waals surface area contributed by atoms with Crippen LogP contribution in [-0.2, 0) is 0 Å². The Morgan fingerprint density at radius 3 is 3.06 bits per heavy atom. The summed E-state index contributed by atoms with van der Waals surface area (Å²) in [5, 5.41) is 0. The van der Waals surface area contributed by atoms with E-state index in [2.05, 4.69) is 37.5 Å². The Balaban J connectivity index is 2.51. The summed E-state index contributed by atoms with van der Waals surface area (Å²) in [4.78, 5) is 0. The molecule has 0 fully saturated rings. The van der Waals surface area contributed by atoms with Crippen molar-refractivity contribution in [1.29, 1.82) is 0 Å². The lowest BCUT2D eigenvalue weighted by atomic mass is 9.92. The zero-order valence-electron chi connectivity index (χ0n) is 10.7. The first-order chi connectivity index (χ1) is 8.72. The van der Waals surface area contributed by atoms with Crippen molar-refractivity contribution in [2.24, 2.45) is 0 Å². The molecule has 0 unspecified atom stereocenters. The number of allylic oxidation sites excluding steroid dienone is 5. The van der Waals surface area contributed by atoms with Crippen molar-refractivity contribution in [2.45, 2.75) is 19.8 Å². The molecule has 0 atom stereocenters. The van der Waals surface area contributed by atoms with Gasteiger partial charge in [-0.25, -0.2) is 0 Å². The lowest BCUT2D eigenvalue weighted by molar-refractivity contribution is 1.24. The zero-order chi connectivity index (χ0) is 13.0. The second-order valence-corrected chi connectivity index (χ2v) is 4.31. The molecular weight excluding hydrogens is 218 g/mol. The molecule has 1 nitrogen and oxygen atoms in total. The summed E-state index contributed by atoms with van der Waals surface area (Å²) in [6, 6.07) is 6.01. The molecule has 0 spiro atoms. The van der Waals surface area contributed by atoms with Crippen LogP contribution >= 0.6 is 0 Å². The van der Waals surface area contributed by atoms with E-state index in [4.69, 9.17) is 5.73 Å². The minimum absolute atomic E-state index is 0.765. The number of hydrogen-bond donors (Lipinski definition) is 1. The summed E-state index contributed by atoms with van der Waals surface area (Å²) in [5.74, 6) is 6.12. The highest BCUT2D eigenvalue weighted by molar-refractivity contribution is 5.82. The molecule has 0 heterocycles. The van der Waals surface area contributed by atoms with Gasteiger partial charge in [0.2, 0.25) is 0 Å². The van der Waals surface area contributed by atoms with Gasteiger partial charge in [0, 0.05) is 12.1 Å². The van der Waals surface area contributed by atoms with E-state index in [1.165, 1.54) is 11.1 Å². The third kappa shape index (κ3) is 2.55.